The molecule has 4 aliphatic carbocycles. The summed E-state index contributed by atoms with van der Waals surface area (Å²) in [5.74, 6) is 1.01. The quantitative estimate of drug-likeness (QED) is 0.0193. The lowest BCUT2D eigenvalue weighted by molar-refractivity contribution is -0.150. The van der Waals surface area contributed by atoms with Gasteiger partial charge in [-0.2, -0.15) is 0 Å². The second-order valence-corrected chi connectivity index (χ2v) is 22.1. The summed E-state index contributed by atoms with van der Waals surface area (Å²) in [6.07, 6.45) is 33.2. The van der Waals surface area contributed by atoms with Gasteiger partial charge in [0, 0.05) is 49.3 Å². The van der Waals surface area contributed by atoms with E-state index >= 15 is 14.4 Å². The van der Waals surface area contributed by atoms with Crippen molar-refractivity contribution in [3.8, 4) is 0 Å². The van der Waals surface area contributed by atoms with Gasteiger partial charge in [0.15, 0.2) is 17.3 Å². The molecule has 0 radical (unpaired) electrons. The fourth-order valence-corrected chi connectivity index (χ4v) is 12.9. The van der Waals surface area contributed by atoms with Gasteiger partial charge in [-0.05, 0) is 136 Å². The summed E-state index contributed by atoms with van der Waals surface area (Å²) in [5, 5.41) is 20.4. The largest absolute Gasteiger partial charge is 0.463 e. The summed E-state index contributed by atoms with van der Waals surface area (Å²) >= 11 is 0. The molecule has 0 amide bonds. The van der Waals surface area contributed by atoms with Crippen molar-refractivity contribution in [1.82, 2.24) is 31.9 Å². The van der Waals surface area contributed by atoms with E-state index in [-0.39, 0.29) is 54.0 Å². The number of rotatable bonds is 14. The molecule has 1 saturated carbocycles. The summed E-state index contributed by atoms with van der Waals surface area (Å²) in [5.41, 5.74) is 14.1. The molecule has 1 aromatic rings. The maximum Gasteiger partial charge on any atom is 0.350 e. The smallest absolute Gasteiger partial charge is 0.350 e. The Labute approximate surface area is 421 Å². The van der Waals surface area contributed by atoms with Gasteiger partial charge < -0.3 is 52.8 Å². The lowest BCUT2D eigenvalue weighted by Gasteiger charge is -2.41. The van der Waals surface area contributed by atoms with E-state index in [1.807, 2.05) is 50.5 Å². The minimum absolute atomic E-state index is 0.00625. The molecule has 71 heavy (non-hydrogen) atoms. The van der Waals surface area contributed by atoms with Crippen LogP contribution in [0, 0.1) is 29.1 Å². The SMILES string of the molecule is CN=C(N)N[C@@H](C/C(C)=C/C[C@@]12O[C@@]13C(=O)OC[C@@H]1C[C@@H]4C(=C[C@H]1NCC1CCCCC1)C=CC[C@@H]4CCCC[C@](C)(CC1=CNC(N)C=C1)Cc1cccc(c1C3=O)C2=O)C1=CCNC(NCNC)=C1. The molecule has 4 aliphatic heterocycles. The van der Waals surface area contributed by atoms with E-state index in [0.29, 0.717) is 55.3 Å². The first-order valence-corrected chi connectivity index (χ1v) is 26.6. The zero-order valence-electron chi connectivity index (χ0n) is 42.5. The average Bonchev–Trinajstić information content (AvgIpc) is 4.09. The van der Waals surface area contributed by atoms with Crippen molar-refractivity contribution < 1.29 is 23.9 Å². The van der Waals surface area contributed by atoms with E-state index in [1.165, 1.54) is 37.7 Å². The minimum Gasteiger partial charge on any atom is -0.463 e. The van der Waals surface area contributed by atoms with E-state index in [4.69, 9.17) is 20.9 Å². The Bertz CT molecular complexity index is 2450. The van der Waals surface area contributed by atoms with Crippen LogP contribution in [0.5, 0.6) is 0 Å². The Hall–Kier alpha value is -5.28. The lowest BCUT2D eigenvalue weighted by atomic mass is 9.67. The van der Waals surface area contributed by atoms with Crippen molar-refractivity contribution in [1.29, 1.82) is 0 Å². The summed E-state index contributed by atoms with van der Waals surface area (Å²) in [7, 11) is 3.52. The Balaban J connectivity index is 1.06. The number of carbonyl (C=O) groups excluding carboxylic acids is 3. The van der Waals surface area contributed by atoms with Crippen molar-refractivity contribution in [2.75, 3.05) is 40.5 Å². The lowest BCUT2D eigenvalue weighted by Crippen LogP contribution is -2.52. The fourth-order valence-electron chi connectivity index (χ4n) is 12.9. The number of aliphatic imine (C=N–C) groups is 1. The molecule has 2 fully saturated rings. The standard InChI is InChI=1S/C57H79N9O5/c1-36(26-47(66-54(59)61-4)41-22-25-62-49(29-41)65-35-60-3)21-24-56-51(67)44-18-11-17-42-31-55(2,30-38-19-20-48(58)64-33-38)23-9-8-14-39-15-10-16-40-28-46(63-32-37-12-6-5-7-13-37)43(27-45(39)40)34-70-53(69)57(56,71-56)52(68)50(42)44/h10-11,16-22,28-29,33,37,39,43,45-48,60,62-65H,5-9,12-15,23-27,30-32,34-35,58H2,1-4H3,(H3,59,61,66)/b36-21+/t39-,43-,45-,46+,47-,48?,55+,56-,57-/m0/s1. The maximum absolute atomic E-state index is 15.7. The van der Waals surface area contributed by atoms with Gasteiger partial charge in [-0.25, -0.2) is 4.79 Å². The number of carbonyl (C=O) groups is 3. The summed E-state index contributed by atoms with van der Waals surface area (Å²) < 4.78 is 13.1. The van der Waals surface area contributed by atoms with Crippen LogP contribution in [-0.4, -0.2) is 93.4 Å². The van der Waals surface area contributed by atoms with Gasteiger partial charge in [0.2, 0.25) is 5.78 Å². The van der Waals surface area contributed by atoms with E-state index < -0.39 is 23.0 Å². The van der Waals surface area contributed by atoms with E-state index in [0.717, 1.165) is 79.6 Å². The van der Waals surface area contributed by atoms with Gasteiger partial charge >= 0.3 is 5.97 Å². The molecular weight excluding hydrogens is 891 g/mol. The monoisotopic (exact) mass is 970 g/mol. The number of fused-ring (bicyclic) bond motifs is 1. The van der Waals surface area contributed by atoms with Gasteiger partial charge in [0.05, 0.1) is 25.5 Å². The maximum atomic E-state index is 15.7. The number of benzene rings is 1. The van der Waals surface area contributed by atoms with E-state index in [9.17, 15) is 0 Å². The molecule has 1 unspecified atom stereocenters. The Kier molecular flexibility index (Phi) is 15.6. The Morgan fingerprint density at radius 1 is 1.06 bits per heavy atom. The number of esters is 1. The third-order valence-electron chi connectivity index (χ3n) is 16.9. The molecule has 4 heterocycles. The number of cyclic esters (lactones) is 1. The summed E-state index contributed by atoms with van der Waals surface area (Å²) in [4.78, 5) is 50.4. The molecule has 1 aromatic carbocycles. The average molecular weight is 970 g/mol. The molecule has 8 aliphatic rings. The predicted molar refractivity (Wildman–Crippen MR) is 280 cm³/mol. The van der Waals surface area contributed by atoms with Crippen LogP contribution in [0.25, 0.3) is 0 Å². The van der Waals surface area contributed by atoms with Crippen molar-refractivity contribution in [3.05, 3.63) is 118 Å². The molecule has 14 nitrogen and oxygen atoms in total. The van der Waals surface area contributed by atoms with Crippen LogP contribution in [0.3, 0.4) is 0 Å². The highest BCUT2D eigenvalue weighted by Crippen LogP contribution is 2.59. The number of nitrogens with zero attached hydrogens (tertiary/aromatic N) is 1. The van der Waals surface area contributed by atoms with Gasteiger partial charge in [0.25, 0.3) is 5.60 Å². The zero-order valence-corrected chi connectivity index (χ0v) is 42.5. The molecule has 4 bridgehead atoms. The summed E-state index contributed by atoms with van der Waals surface area (Å²) in [6, 6.07) is 5.32. The van der Waals surface area contributed by atoms with Crippen molar-refractivity contribution in [2.45, 2.75) is 140 Å². The van der Waals surface area contributed by atoms with Crippen LogP contribution in [0.1, 0.15) is 130 Å². The third-order valence-corrected chi connectivity index (χ3v) is 16.9. The number of epoxide rings is 1. The molecule has 9 atom stereocenters. The highest BCUT2D eigenvalue weighted by molar-refractivity contribution is 6.33. The second-order valence-electron chi connectivity index (χ2n) is 22.1. The third kappa shape index (κ3) is 10.8. The second kappa shape index (κ2) is 21.8. The van der Waals surface area contributed by atoms with Crippen molar-refractivity contribution >= 4 is 23.5 Å². The number of nitrogens with two attached hydrogens (primary N) is 2. The molecule has 1 saturated heterocycles. The number of hydrogen-bond acceptors (Lipinski definition) is 12. The highest BCUT2D eigenvalue weighted by Gasteiger charge is 2.85. The number of hydrogen-bond donors (Lipinski definition) is 8. The molecule has 382 valence electrons. The molecule has 1 spiro atoms. The molecule has 0 aromatic heterocycles. The van der Waals surface area contributed by atoms with Crippen LogP contribution in [0.2, 0.25) is 0 Å². The summed E-state index contributed by atoms with van der Waals surface area (Å²) in [6.45, 7) is 6.54. The number of ketones is 2. The predicted octanol–water partition coefficient (Wildman–Crippen LogP) is 6.40. The van der Waals surface area contributed by atoms with Gasteiger partial charge in [-0.15, -0.1) is 0 Å². The highest BCUT2D eigenvalue weighted by atomic mass is 16.7. The van der Waals surface area contributed by atoms with Crippen molar-refractivity contribution in [3.63, 3.8) is 0 Å². The molecule has 14 heteroatoms. The fraction of sp³-hybridized carbons (Fsp3) is 0.579. The number of Topliss-reactive ketones (excluding diaryl/α,β-unsaturated/α-hetero) is 2. The number of allylic oxidation sites excluding steroid dienone is 5. The van der Waals surface area contributed by atoms with Crippen LogP contribution in [0.15, 0.2) is 106 Å². The Morgan fingerprint density at radius 2 is 1.89 bits per heavy atom. The number of ether oxygens (including phenoxy) is 2. The van der Waals surface area contributed by atoms with Crippen LogP contribution < -0.4 is 43.4 Å². The normalized spacial score (nSPS) is 32.6. The van der Waals surface area contributed by atoms with Crippen molar-refractivity contribution in [2.24, 2.45) is 45.5 Å². The van der Waals surface area contributed by atoms with E-state index in [1.54, 1.807) is 13.1 Å². The first-order valence-electron chi connectivity index (χ1n) is 26.6. The van der Waals surface area contributed by atoms with E-state index in [2.05, 4.69) is 74.2 Å². The number of nitrogens with one attached hydrogen (secondary N) is 6. The van der Waals surface area contributed by atoms with Gasteiger partial charge in [-0.3, -0.25) is 14.6 Å². The number of dihydropyridines is 2. The van der Waals surface area contributed by atoms with Gasteiger partial charge in [-0.1, -0.05) is 99.3 Å². The first kappa shape index (κ1) is 50.7. The first-order chi connectivity index (χ1) is 34.3. The van der Waals surface area contributed by atoms with Gasteiger partial charge in [0.1, 0.15) is 5.82 Å². The molecule has 10 N–H and O–H groups in total. The zero-order chi connectivity index (χ0) is 49.8. The molecular formula is C57H79N9O5. The van der Waals surface area contributed by atoms with Crippen LogP contribution in [0.4, 0.5) is 0 Å². The van der Waals surface area contributed by atoms with Crippen LogP contribution in [-0.2, 0) is 20.7 Å². The molecule has 9 rings (SSSR count). The van der Waals surface area contributed by atoms with Crippen LogP contribution >= 0.6 is 0 Å². The topological polar surface area (TPSA) is 210 Å². The minimum atomic E-state index is -2.12. The Morgan fingerprint density at radius 3 is 2.68 bits per heavy atom. The number of guanidine groups is 1.